The van der Waals surface area contributed by atoms with E-state index in [1.165, 1.54) is 16.8 Å². The van der Waals surface area contributed by atoms with Crippen LogP contribution in [0.15, 0.2) is 48.6 Å². The van der Waals surface area contributed by atoms with E-state index >= 15 is 0 Å². The van der Waals surface area contributed by atoms with E-state index in [-0.39, 0.29) is 6.61 Å². The van der Waals surface area contributed by atoms with E-state index in [1.807, 2.05) is 18.2 Å². The minimum atomic E-state index is -0.923. The number of benzene rings is 2. The van der Waals surface area contributed by atoms with Crippen molar-refractivity contribution in [1.82, 2.24) is 5.32 Å². The van der Waals surface area contributed by atoms with Gasteiger partial charge in [-0.25, -0.2) is 4.79 Å². The van der Waals surface area contributed by atoms with Gasteiger partial charge in [0.1, 0.15) is 0 Å². The molecule has 3 N–H and O–H groups in total. The van der Waals surface area contributed by atoms with Crippen LogP contribution in [0.4, 0.5) is 11.4 Å². The van der Waals surface area contributed by atoms with Gasteiger partial charge in [0, 0.05) is 35.6 Å². The number of aryl methyl sites for hydroxylation is 2. The van der Waals surface area contributed by atoms with Crippen LogP contribution in [-0.2, 0) is 24.2 Å². The first kappa shape index (κ1) is 21.4. The van der Waals surface area contributed by atoms with Crippen molar-refractivity contribution in [2.24, 2.45) is 0 Å². The van der Waals surface area contributed by atoms with Gasteiger partial charge in [-0.2, -0.15) is 0 Å². The Labute approximate surface area is 176 Å². The number of unbranched alkanes of at least 4 members (excludes halogenated alkanes) is 1. The fourth-order valence-electron chi connectivity index (χ4n) is 3.71. The Morgan fingerprint density at radius 1 is 1.10 bits per heavy atom. The van der Waals surface area contributed by atoms with Gasteiger partial charge >= 0.3 is 5.97 Å². The first-order chi connectivity index (χ1) is 14.1. The summed E-state index contributed by atoms with van der Waals surface area (Å²) in [6.07, 6.45) is 6.63. The molecule has 154 valence electrons. The molecule has 3 rings (SSSR count). The number of rotatable bonds is 9. The zero-order valence-corrected chi connectivity index (χ0v) is 17.2. The van der Waals surface area contributed by atoms with Crippen molar-refractivity contribution in [1.29, 1.82) is 0 Å². The van der Waals surface area contributed by atoms with Crippen LogP contribution in [0.2, 0.25) is 5.02 Å². The average molecular weight is 415 g/mol. The Bertz CT molecular complexity index is 882. The summed E-state index contributed by atoms with van der Waals surface area (Å²) in [5.74, 6) is -0.923. The summed E-state index contributed by atoms with van der Waals surface area (Å²) in [5, 5.41) is 22.1. The molecule has 0 saturated carbocycles. The third-order valence-electron chi connectivity index (χ3n) is 5.13. The third kappa shape index (κ3) is 5.82. The molecule has 2 aromatic carbocycles. The summed E-state index contributed by atoms with van der Waals surface area (Å²) >= 11 is 6.31. The van der Waals surface area contributed by atoms with Crippen molar-refractivity contribution in [2.45, 2.75) is 32.3 Å². The Hall–Kier alpha value is -2.34. The number of fused-ring (bicyclic) bond motifs is 2. The van der Waals surface area contributed by atoms with Crippen LogP contribution in [0.1, 0.15) is 29.5 Å². The zero-order chi connectivity index (χ0) is 20.6. The SMILES string of the molecule is O=C(O)/C=C/CNCCCCN1c2ccc(CO)cc2CCc2ccc(Cl)cc21. The summed E-state index contributed by atoms with van der Waals surface area (Å²) < 4.78 is 0. The van der Waals surface area contributed by atoms with Gasteiger partial charge in [0.2, 0.25) is 0 Å². The van der Waals surface area contributed by atoms with Gasteiger partial charge in [-0.3, -0.25) is 0 Å². The molecular weight excluding hydrogens is 388 g/mol. The number of hydrogen-bond acceptors (Lipinski definition) is 4. The fraction of sp³-hybridized carbons (Fsp3) is 0.348. The molecule has 2 aromatic rings. The number of carboxylic acid groups (broad SMARTS) is 1. The number of anilines is 2. The highest BCUT2D eigenvalue weighted by Gasteiger charge is 2.21. The van der Waals surface area contributed by atoms with E-state index < -0.39 is 5.97 Å². The lowest BCUT2D eigenvalue weighted by Crippen LogP contribution is -2.22. The Balaban J connectivity index is 1.69. The van der Waals surface area contributed by atoms with Crippen LogP contribution in [0, 0.1) is 0 Å². The van der Waals surface area contributed by atoms with Crippen LogP contribution in [0.3, 0.4) is 0 Å². The number of aliphatic carboxylic acids is 1. The number of nitrogens with zero attached hydrogens (tertiary/aromatic N) is 1. The normalized spacial score (nSPS) is 13.2. The van der Waals surface area contributed by atoms with Crippen LogP contribution >= 0.6 is 11.6 Å². The summed E-state index contributed by atoms with van der Waals surface area (Å²) in [6, 6.07) is 12.3. The van der Waals surface area contributed by atoms with E-state index in [0.29, 0.717) is 6.54 Å². The van der Waals surface area contributed by atoms with Gasteiger partial charge in [0.25, 0.3) is 0 Å². The number of nitrogens with one attached hydrogen (secondary N) is 1. The Kier molecular flexibility index (Phi) is 7.69. The molecule has 1 aliphatic rings. The summed E-state index contributed by atoms with van der Waals surface area (Å²) in [4.78, 5) is 12.8. The molecule has 0 spiro atoms. The molecule has 5 nitrogen and oxygen atoms in total. The van der Waals surface area contributed by atoms with Gasteiger partial charge in [-0.05, 0) is 67.1 Å². The first-order valence-electron chi connectivity index (χ1n) is 9.97. The predicted molar refractivity (Wildman–Crippen MR) is 117 cm³/mol. The molecule has 29 heavy (non-hydrogen) atoms. The molecule has 0 aliphatic carbocycles. The number of hydrogen-bond donors (Lipinski definition) is 3. The molecule has 0 radical (unpaired) electrons. The van der Waals surface area contributed by atoms with Gasteiger partial charge < -0.3 is 20.4 Å². The van der Waals surface area contributed by atoms with Crippen LogP contribution in [0.25, 0.3) is 0 Å². The molecule has 0 atom stereocenters. The second-order valence-corrected chi connectivity index (χ2v) is 7.63. The minimum Gasteiger partial charge on any atom is -0.478 e. The van der Waals surface area contributed by atoms with E-state index in [4.69, 9.17) is 16.7 Å². The Morgan fingerprint density at radius 2 is 1.93 bits per heavy atom. The minimum absolute atomic E-state index is 0.0497. The van der Waals surface area contributed by atoms with E-state index in [1.54, 1.807) is 6.08 Å². The molecule has 0 saturated heterocycles. The maximum absolute atomic E-state index is 10.5. The summed E-state index contributed by atoms with van der Waals surface area (Å²) in [5.41, 5.74) is 5.81. The van der Waals surface area contributed by atoms with Crippen LogP contribution in [0.5, 0.6) is 0 Å². The van der Waals surface area contributed by atoms with Gasteiger partial charge in [-0.1, -0.05) is 35.9 Å². The Morgan fingerprint density at radius 3 is 2.72 bits per heavy atom. The smallest absolute Gasteiger partial charge is 0.328 e. The maximum Gasteiger partial charge on any atom is 0.328 e. The zero-order valence-electron chi connectivity index (χ0n) is 16.4. The van der Waals surface area contributed by atoms with Crippen molar-refractivity contribution in [2.75, 3.05) is 24.5 Å². The average Bonchev–Trinajstić information content (AvgIpc) is 2.86. The van der Waals surface area contributed by atoms with Crippen LogP contribution in [-0.4, -0.2) is 35.8 Å². The van der Waals surface area contributed by atoms with Gasteiger partial charge in [0.05, 0.1) is 6.61 Å². The van der Waals surface area contributed by atoms with Crippen molar-refractivity contribution < 1.29 is 15.0 Å². The van der Waals surface area contributed by atoms with Crippen molar-refractivity contribution >= 4 is 28.9 Å². The number of carbonyl (C=O) groups is 1. The van der Waals surface area contributed by atoms with Crippen molar-refractivity contribution in [3.63, 3.8) is 0 Å². The van der Waals surface area contributed by atoms with Crippen molar-refractivity contribution in [3.8, 4) is 0 Å². The quantitative estimate of drug-likeness (QED) is 0.426. The van der Waals surface area contributed by atoms with Crippen LogP contribution < -0.4 is 10.2 Å². The number of halogens is 1. The predicted octanol–water partition coefficient (Wildman–Crippen LogP) is 4.08. The molecule has 1 aliphatic heterocycles. The highest BCUT2D eigenvalue weighted by molar-refractivity contribution is 6.30. The molecule has 0 amide bonds. The van der Waals surface area contributed by atoms with E-state index in [0.717, 1.165) is 61.1 Å². The summed E-state index contributed by atoms with van der Waals surface area (Å²) in [7, 11) is 0. The molecule has 1 heterocycles. The molecule has 0 aromatic heterocycles. The largest absolute Gasteiger partial charge is 0.478 e. The first-order valence-corrected chi connectivity index (χ1v) is 10.3. The van der Waals surface area contributed by atoms with Gasteiger partial charge in [-0.15, -0.1) is 0 Å². The lowest BCUT2D eigenvalue weighted by Gasteiger charge is -2.27. The maximum atomic E-state index is 10.5. The number of aliphatic hydroxyl groups excluding tert-OH is 1. The monoisotopic (exact) mass is 414 g/mol. The number of aliphatic hydroxyl groups is 1. The van der Waals surface area contributed by atoms with Crippen molar-refractivity contribution in [3.05, 3.63) is 70.3 Å². The highest BCUT2D eigenvalue weighted by Crippen LogP contribution is 2.38. The molecule has 0 unspecified atom stereocenters. The number of carboxylic acids is 1. The summed E-state index contributed by atoms with van der Waals surface area (Å²) in [6.45, 7) is 2.30. The standard InChI is InChI=1S/C23H27ClN2O3/c24-20-9-8-18-6-7-19-14-17(16-27)5-10-21(19)26(22(18)15-20)13-2-1-11-25-12-3-4-23(28)29/h3-5,8-10,14-15,25,27H,1-2,6-7,11-13,16H2,(H,28,29)/b4-3+. The lowest BCUT2D eigenvalue weighted by molar-refractivity contribution is -0.131. The lowest BCUT2D eigenvalue weighted by atomic mass is 10.0. The molecule has 0 fully saturated rings. The van der Waals surface area contributed by atoms with E-state index in [9.17, 15) is 9.90 Å². The topological polar surface area (TPSA) is 72.8 Å². The van der Waals surface area contributed by atoms with Gasteiger partial charge in [0.15, 0.2) is 0 Å². The second kappa shape index (κ2) is 10.4. The third-order valence-corrected chi connectivity index (χ3v) is 5.36. The molecular formula is C23H27ClN2O3. The molecule has 6 heteroatoms. The molecule has 0 bridgehead atoms. The fourth-order valence-corrected chi connectivity index (χ4v) is 3.87. The highest BCUT2D eigenvalue weighted by atomic mass is 35.5. The van der Waals surface area contributed by atoms with E-state index in [2.05, 4.69) is 28.4 Å². The second-order valence-electron chi connectivity index (χ2n) is 7.20.